The Kier molecular flexibility index (Phi) is 13.3. The minimum absolute atomic E-state index is 0.147. The van der Waals surface area contributed by atoms with E-state index in [1.54, 1.807) is 0 Å². The zero-order valence-electron chi connectivity index (χ0n) is 24.6. The molecule has 224 valence electrons. The Balaban J connectivity index is 1.40. The maximum atomic E-state index is 12.0. The van der Waals surface area contributed by atoms with Gasteiger partial charge in [0.1, 0.15) is 0 Å². The molecule has 2 saturated carbocycles. The van der Waals surface area contributed by atoms with Crippen LogP contribution < -0.4 is 0 Å². The first-order valence-corrected chi connectivity index (χ1v) is 16.2. The number of aliphatic hydroxyl groups excluding tert-OH is 2. The van der Waals surface area contributed by atoms with Gasteiger partial charge in [0.15, 0.2) is 0 Å². The van der Waals surface area contributed by atoms with Crippen LogP contribution in [0.2, 0.25) is 0 Å². The molecule has 1 aromatic heterocycles. The van der Waals surface area contributed by atoms with Crippen LogP contribution in [0.5, 0.6) is 0 Å². The van der Waals surface area contributed by atoms with Crippen LogP contribution in [0.4, 0.5) is 0 Å². The molecule has 2 fully saturated rings. The van der Waals surface area contributed by atoms with Crippen molar-refractivity contribution < 1.29 is 25.2 Å². The molecule has 0 aromatic carbocycles. The number of aromatic amines is 1. The lowest BCUT2D eigenvalue weighted by Crippen LogP contribution is -2.42. The molecule has 2 aliphatic carbocycles. The monoisotopic (exact) mass is 547 g/mol. The van der Waals surface area contributed by atoms with Crippen LogP contribution in [0, 0.1) is 17.3 Å². The van der Waals surface area contributed by atoms with E-state index in [0.717, 1.165) is 82.7 Å². The van der Waals surface area contributed by atoms with Gasteiger partial charge in [0.25, 0.3) is 0 Å². The summed E-state index contributed by atoms with van der Waals surface area (Å²) in [7, 11) is 0. The average molecular weight is 548 g/mol. The highest BCUT2D eigenvalue weighted by molar-refractivity contribution is 5.70. The molecule has 1 heterocycles. The number of aliphatic hydroxyl groups is 3. The highest BCUT2D eigenvalue weighted by Gasteiger charge is 2.56. The number of aliphatic carboxylic acids is 1. The SMILES string of the molecule is CCCCCCC[C@H](O)CCCCCC[C@H](C(=O)O)[C@H](O)CC[C@]1(O)CCC2(CCCC2)[C@@H]1Cc1ccc[nH]1. The minimum Gasteiger partial charge on any atom is -0.481 e. The smallest absolute Gasteiger partial charge is 0.309 e. The van der Waals surface area contributed by atoms with E-state index in [-0.39, 0.29) is 17.4 Å². The molecule has 2 aliphatic rings. The van der Waals surface area contributed by atoms with Crippen LogP contribution in [0.1, 0.15) is 141 Å². The maximum Gasteiger partial charge on any atom is 0.309 e. The first-order chi connectivity index (χ1) is 18.8. The summed E-state index contributed by atoms with van der Waals surface area (Å²) in [5, 5.41) is 42.8. The van der Waals surface area contributed by atoms with Gasteiger partial charge in [-0.3, -0.25) is 4.79 Å². The average Bonchev–Trinajstić information content (AvgIpc) is 3.66. The van der Waals surface area contributed by atoms with Crippen molar-refractivity contribution in [2.45, 2.75) is 160 Å². The van der Waals surface area contributed by atoms with Crippen LogP contribution in [0.15, 0.2) is 18.3 Å². The number of H-pyrrole nitrogens is 1. The lowest BCUT2D eigenvalue weighted by molar-refractivity contribution is -0.147. The first-order valence-electron chi connectivity index (χ1n) is 16.2. The summed E-state index contributed by atoms with van der Waals surface area (Å²) >= 11 is 0. The summed E-state index contributed by atoms with van der Waals surface area (Å²) in [6.45, 7) is 2.21. The maximum absolute atomic E-state index is 12.0. The molecule has 5 N–H and O–H groups in total. The van der Waals surface area contributed by atoms with E-state index in [9.17, 15) is 25.2 Å². The second-order valence-corrected chi connectivity index (χ2v) is 13.0. The fourth-order valence-electron chi connectivity index (χ4n) is 7.79. The highest BCUT2D eigenvalue weighted by Crippen LogP contribution is 2.60. The largest absolute Gasteiger partial charge is 0.481 e. The Morgan fingerprint density at radius 3 is 2.15 bits per heavy atom. The minimum atomic E-state index is -0.938. The third-order valence-corrected chi connectivity index (χ3v) is 10.2. The number of carboxylic acid groups (broad SMARTS) is 1. The van der Waals surface area contributed by atoms with Gasteiger partial charge in [0.2, 0.25) is 0 Å². The lowest BCUT2D eigenvalue weighted by atomic mass is 9.69. The third-order valence-electron chi connectivity index (χ3n) is 10.2. The van der Waals surface area contributed by atoms with E-state index in [1.807, 2.05) is 12.3 Å². The van der Waals surface area contributed by atoms with Crippen LogP contribution >= 0.6 is 0 Å². The molecule has 39 heavy (non-hydrogen) atoms. The quantitative estimate of drug-likeness (QED) is 0.111. The van der Waals surface area contributed by atoms with Gasteiger partial charge >= 0.3 is 5.97 Å². The molecule has 1 spiro atoms. The summed E-state index contributed by atoms with van der Waals surface area (Å²) in [4.78, 5) is 15.3. The Bertz CT molecular complexity index is 805. The van der Waals surface area contributed by atoms with Gasteiger partial charge in [0.05, 0.1) is 23.7 Å². The fraction of sp³-hybridized carbons (Fsp3) is 0.848. The predicted molar refractivity (Wildman–Crippen MR) is 157 cm³/mol. The van der Waals surface area contributed by atoms with Crippen LogP contribution in [0.25, 0.3) is 0 Å². The molecule has 0 amide bonds. The molecular weight excluding hydrogens is 490 g/mol. The number of hydrogen-bond donors (Lipinski definition) is 5. The van der Waals surface area contributed by atoms with Crippen molar-refractivity contribution in [3.63, 3.8) is 0 Å². The zero-order valence-corrected chi connectivity index (χ0v) is 24.6. The number of hydrogen-bond acceptors (Lipinski definition) is 4. The van der Waals surface area contributed by atoms with Crippen molar-refractivity contribution in [2.24, 2.45) is 17.3 Å². The number of unbranched alkanes of at least 4 members (excludes halogenated alkanes) is 7. The molecule has 0 aliphatic heterocycles. The molecule has 6 nitrogen and oxygen atoms in total. The van der Waals surface area contributed by atoms with Gasteiger partial charge in [-0.25, -0.2) is 0 Å². The molecule has 5 atom stereocenters. The Hall–Kier alpha value is -1.37. The van der Waals surface area contributed by atoms with Gasteiger partial charge in [-0.2, -0.15) is 0 Å². The second-order valence-electron chi connectivity index (χ2n) is 13.0. The third kappa shape index (κ3) is 9.60. The summed E-state index contributed by atoms with van der Waals surface area (Å²) in [6.07, 6.45) is 20.8. The Labute approximate surface area is 237 Å². The van der Waals surface area contributed by atoms with E-state index in [0.29, 0.717) is 19.3 Å². The van der Waals surface area contributed by atoms with Gasteiger partial charge in [0, 0.05) is 11.9 Å². The predicted octanol–water partition coefficient (Wildman–Crippen LogP) is 7.16. The van der Waals surface area contributed by atoms with E-state index in [4.69, 9.17) is 0 Å². The molecule has 3 rings (SSSR count). The van der Waals surface area contributed by atoms with Crippen molar-refractivity contribution in [3.8, 4) is 0 Å². The summed E-state index contributed by atoms with van der Waals surface area (Å²) < 4.78 is 0. The van der Waals surface area contributed by atoms with Crippen molar-refractivity contribution in [3.05, 3.63) is 24.0 Å². The lowest BCUT2D eigenvalue weighted by Gasteiger charge is -2.39. The van der Waals surface area contributed by atoms with E-state index < -0.39 is 23.6 Å². The standard InChI is InChI=1S/C33H57NO5/c1-2-3-4-5-8-15-27(35)16-9-6-7-10-17-28(31(37)38)29(36)18-21-33(39)23-22-32(19-11-12-20-32)30(33)25-26-14-13-24-34-26/h13-14,24,27-30,34-36,39H,2-12,15-23,25H2,1H3,(H,37,38)/t27-,28-,29+,30-,33-/m0/s1. The van der Waals surface area contributed by atoms with E-state index >= 15 is 0 Å². The van der Waals surface area contributed by atoms with Crippen molar-refractivity contribution >= 4 is 5.97 Å². The molecule has 0 radical (unpaired) electrons. The van der Waals surface area contributed by atoms with Gasteiger partial charge in [-0.1, -0.05) is 77.6 Å². The summed E-state index contributed by atoms with van der Waals surface area (Å²) in [5.41, 5.74) is 0.478. The second kappa shape index (κ2) is 16.2. The zero-order chi connectivity index (χ0) is 28.1. The van der Waals surface area contributed by atoms with Crippen molar-refractivity contribution in [1.82, 2.24) is 4.98 Å². The van der Waals surface area contributed by atoms with E-state index in [1.165, 1.54) is 38.5 Å². The number of carboxylic acids is 1. The molecular formula is C33H57NO5. The normalized spacial score (nSPS) is 24.8. The fourth-order valence-corrected chi connectivity index (χ4v) is 7.79. The van der Waals surface area contributed by atoms with Gasteiger partial charge in [-0.15, -0.1) is 0 Å². The van der Waals surface area contributed by atoms with Crippen LogP contribution in [0.3, 0.4) is 0 Å². The first kappa shape index (κ1) is 32.1. The molecule has 0 saturated heterocycles. The summed E-state index contributed by atoms with van der Waals surface area (Å²) in [6, 6.07) is 4.09. The summed E-state index contributed by atoms with van der Waals surface area (Å²) in [5.74, 6) is -1.58. The molecule has 0 unspecified atom stereocenters. The van der Waals surface area contributed by atoms with Crippen LogP contribution in [-0.4, -0.2) is 49.2 Å². The van der Waals surface area contributed by atoms with Gasteiger partial charge in [-0.05, 0) is 87.7 Å². The number of aromatic nitrogens is 1. The molecule has 1 aromatic rings. The van der Waals surface area contributed by atoms with Crippen molar-refractivity contribution in [2.75, 3.05) is 0 Å². The number of nitrogens with one attached hydrogen (secondary N) is 1. The van der Waals surface area contributed by atoms with E-state index in [2.05, 4.69) is 18.0 Å². The number of rotatable bonds is 20. The Morgan fingerprint density at radius 2 is 1.56 bits per heavy atom. The van der Waals surface area contributed by atoms with Crippen LogP contribution in [-0.2, 0) is 11.2 Å². The van der Waals surface area contributed by atoms with Gasteiger partial charge < -0.3 is 25.4 Å². The Morgan fingerprint density at radius 1 is 0.923 bits per heavy atom. The highest BCUT2D eigenvalue weighted by atomic mass is 16.4. The number of carbonyl (C=O) groups is 1. The molecule has 6 heteroatoms. The van der Waals surface area contributed by atoms with Crippen molar-refractivity contribution in [1.29, 1.82) is 0 Å². The molecule has 0 bridgehead atoms. The topological polar surface area (TPSA) is 114 Å².